The molecule has 1 unspecified atom stereocenters. The average Bonchev–Trinajstić information content (AvgIpc) is 2.58. The molecule has 3 nitrogen and oxygen atoms in total. The zero-order valence-corrected chi connectivity index (χ0v) is 16.0. The summed E-state index contributed by atoms with van der Waals surface area (Å²) in [7, 11) is 0. The lowest BCUT2D eigenvalue weighted by atomic mass is 9.80. The third-order valence-electron chi connectivity index (χ3n) is 5.00. The van der Waals surface area contributed by atoms with Crippen LogP contribution in [0.3, 0.4) is 0 Å². The van der Waals surface area contributed by atoms with Crippen LogP contribution in [0.25, 0.3) is 10.8 Å². The Morgan fingerprint density at radius 3 is 2.88 bits per heavy atom. The van der Waals surface area contributed by atoms with Gasteiger partial charge in [0.2, 0.25) is 5.91 Å². The fourth-order valence-corrected chi connectivity index (χ4v) is 4.30. The van der Waals surface area contributed by atoms with Crippen LogP contribution in [-0.4, -0.2) is 30.4 Å². The number of fused-ring (bicyclic) bond motifs is 1. The van der Waals surface area contributed by atoms with Crippen LogP contribution in [0, 0.1) is 5.41 Å². The van der Waals surface area contributed by atoms with E-state index in [0.717, 1.165) is 32.5 Å². The highest BCUT2D eigenvalue weighted by Crippen LogP contribution is 2.33. The normalized spacial score (nSPS) is 21.8. The van der Waals surface area contributed by atoms with Crippen molar-refractivity contribution in [3.05, 3.63) is 46.4 Å². The van der Waals surface area contributed by atoms with Gasteiger partial charge in [0.05, 0.1) is 5.41 Å². The van der Waals surface area contributed by atoms with Crippen LogP contribution in [0.1, 0.15) is 32.3 Å². The van der Waals surface area contributed by atoms with Gasteiger partial charge in [-0.1, -0.05) is 36.4 Å². The molecule has 1 saturated heterocycles. The summed E-state index contributed by atoms with van der Waals surface area (Å²) in [4.78, 5) is 14.8. The lowest BCUT2D eigenvalue weighted by Gasteiger charge is -2.39. The number of hydrogen-bond acceptors (Lipinski definition) is 2. The van der Waals surface area contributed by atoms with E-state index in [4.69, 9.17) is 0 Å². The van der Waals surface area contributed by atoms with Gasteiger partial charge in [-0.25, -0.2) is 0 Å². The summed E-state index contributed by atoms with van der Waals surface area (Å²) in [5, 5.41) is 5.50. The number of rotatable bonds is 4. The lowest BCUT2D eigenvalue weighted by Crippen LogP contribution is -2.50. The number of amides is 1. The predicted molar refractivity (Wildman–Crippen MR) is 103 cm³/mol. The molecule has 3 rings (SSSR count). The molecule has 2 aromatic rings. The van der Waals surface area contributed by atoms with E-state index >= 15 is 0 Å². The van der Waals surface area contributed by atoms with Gasteiger partial charge in [-0.2, -0.15) is 0 Å². The Balaban J connectivity index is 1.78. The summed E-state index contributed by atoms with van der Waals surface area (Å²) in [6.07, 6.45) is 2.03. The van der Waals surface area contributed by atoms with E-state index in [9.17, 15) is 4.79 Å². The van der Waals surface area contributed by atoms with Gasteiger partial charge in [0.15, 0.2) is 0 Å². The van der Waals surface area contributed by atoms with E-state index in [-0.39, 0.29) is 11.3 Å². The molecule has 0 saturated carbocycles. The number of hydrogen-bond donors (Lipinski definition) is 1. The molecule has 1 N–H and O–H groups in total. The highest BCUT2D eigenvalue weighted by atomic mass is 79.9. The Morgan fingerprint density at radius 1 is 1.29 bits per heavy atom. The first-order valence-electron chi connectivity index (χ1n) is 8.70. The van der Waals surface area contributed by atoms with Gasteiger partial charge in [-0.3, -0.25) is 9.69 Å². The molecule has 1 aliphatic rings. The van der Waals surface area contributed by atoms with E-state index in [1.165, 1.54) is 20.8 Å². The fourth-order valence-electron chi connectivity index (χ4n) is 3.68. The van der Waals surface area contributed by atoms with Crippen molar-refractivity contribution >= 4 is 32.6 Å². The van der Waals surface area contributed by atoms with Crippen molar-refractivity contribution in [3.8, 4) is 0 Å². The monoisotopic (exact) mass is 388 g/mol. The molecular weight excluding hydrogens is 364 g/mol. The largest absolute Gasteiger partial charge is 0.356 e. The maximum Gasteiger partial charge on any atom is 0.227 e. The summed E-state index contributed by atoms with van der Waals surface area (Å²) in [5.74, 6) is 0.187. The average molecular weight is 389 g/mol. The van der Waals surface area contributed by atoms with E-state index in [1.807, 2.05) is 6.92 Å². The molecule has 0 aliphatic carbocycles. The van der Waals surface area contributed by atoms with Gasteiger partial charge >= 0.3 is 0 Å². The second-order valence-corrected chi connectivity index (χ2v) is 7.79. The van der Waals surface area contributed by atoms with E-state index in [2.05, 4.69) is 69.5 Å². The van der Waals surface area contributed by atoms with Crippen molar-refractivity contribution in [2.24, 2.45) is 5.41 Å². The van der Waals surface area contributed by atoms with Crippen molar-refractivity contribution in [1.29, 1.82) is 0 Å². The number of nitrogens with one attached hydrogen (secondary N) is 1. The molecule has 0 spiro atoms. The number of likely N-dealkylation sites (tertiary alicyclic amines) is 1. The van der Waals surface area contributed by atoms with Crippen LogP contribution in [-0.2, 0) is 11.3 Å². The zero-order chi connectivity index (χ0) is 17.2. The smallest absolute Gasteiger partial charge is 0.227 e. The first-order chi connectivity index (χ1) is 11.5. The molecule has 1 amide bonds. The van der Waals surface area contributed by atoms with E-state index in [0.29, 0.717) is 6.54 Å². The Bertz CT molecular complexity index is 745. The van der Waals surface area contributed by atoms with Crippen LogP contribution >= 0.6 is 15.9 Å². The Hall–Kier alpha value is -1.39. The minimum atomic E-state index is -0.280. The van der Waals surface area contributed by atoms with Crippen LogP contribution in [0.2, 0.25) is 0 Å². The SMILES string of the molecule is CCNC(=O)C1(C)CCCN(Cc2ccc3ccccc3c2Br)C1. The second kappa shape index (κ2) is 7.24. The minimum absolute atomic E-state index is 0.187. The Kier molecular flexibility index (Phi) is 5.26. The van der Waals surface area contributed by atoms with Crippen molar-refractivity contribution in [3.63, 3.8) is 0 Å². The Morgan fingerprint density at radius 2 is 2.08 bits per heavy atom. The van der Waals surface area contributed by atoms with Gasteiger partial charge < -0.3 is 5.32 Å². The molecule has 0 aromatic heterocycles. The van der Waals surface area contributed by atoms with Crippen molar-refractivity contribution < 1.29 is 4.79 Å². The quantitative estimate of drug-likeness (QED) is 0.844. The molecule has 24 heavy (non-hydrogen) atoms. The molecule has 4 heteroatoms. The summed E-state index contributed by atoms with van der Waals surface area (Å²) < 4.78 is 1.17. The summed E-state index contributed by atoms with van der Waals surface area (Å²) in [5.41, 5.74) is 1.01. The van der Waals surface area contributed by atoms with Crippen LogP contribution in [0.5, 0.6) is 0 Å². The molecule has 1 fully saturated rings. The molecule has 0 bridgehead atoms. The summed E-state index contributed by atoms with van der Waals surface area (Å²) in [6.45, 7) is 7.52. The maximum atomic E-state index is 12.4. The van der Waals surface area contributed by atoms with E-state index < -0.39 is 0 Å². The predicted octanol–water partition coefficient (Wildman–Crippen LogP) is 4.34. The highest BCUT2D eigenvalue weighted by molar-refractivity contribution is 9.10. The fraction of sp³-hybridized carbons (Fsp3) is 0.450. The highest BCUT2D eigenvalue weighted by Gasteiger charge is 2.37. The first-order valence-corrected chi connectivity index (χ1v) is 9.49. The third-order valence-corrected chi connectivity index (χ3v) is 5.93. The molecule has 0 radical (unpaired) electrons. The number of benzene rings is 2. The number of nitrogens with zero attached hydrogens (tertiary/aromatic N) is 1. The molecule has 128 valence electrons. The minimum Gasteiger partial charge on any atom is -0.356 e. The van der Waals surface area contributed by atoms with Crippen LogP contribution < -0.4 is 5.32 Å². The number of halogens is 1. The van der Waals surface area contributed by atoms with Gasteiger partial charge in [0, 0.05) is 24.1 Å². The van der Waals surface area contributed by atoms with Crippen molar-refractivity contribution in [1.82, 2.24) is 10.2 Å². The van der Waals surface area contributed by atoms with Gasteiger partial charge in [0.1, 0.15) is 0 Å². The maximum absolute atomic E-state index is 12.4. The number of carbonyl (C=O) groups excluding carboxylic acids is 1. The van der Waals surface area contributed by atoms with Crippen molar-refractivity contribution in [2.45, 2.75) is 33.2 Å². The van der Waals surface area contributed by atoms with Crippen LogP contribution in [0.4, 0.5) is 0 Å². The molecule has 1 aliphatic heterocycles. The number of piperidine rings is 1. The van der Waals surface area contributed by atoms with Gasteiger partial charge in [-0.15, -0.1) is 0 Å². The lowest BCUT2D eigenvalue weighted by molar-refractivity contribution is -0.133. The van der Waals surface area contributed by atoms with E-state index in [1.54, 1.807) is 0 Å². The summed E-state index contributed by atoms with van der Waals surface area (Å²) in [6, 6.07) is 12.8. The Labute approximate surface area is 152 Å². The first kappa shape index (κ1) is 17.4. The molecule has 1 atom stereocenters. The third kappa shape index (κ3) is 3.50. The van der Waals surface area contributed by atoms with Gasteiger partial charge in [-0.05, 0) is 65.5 Å². The summed E-state index contributed by atoms with van der Waals surface area (Å²) >= 11 is 3.79. The second-order valence-electron chi connectivity index (χ2n) is 6.99. The molecule has 1 heterocycles. The standard InChI is InChI=1S/C20H25BrN2O/c1-3-22-19(24)20(2)11-6-12-23(14-20)13-16-10-9-15-7-4-5-8-17(15)18(16)21/h4-5,7-10H,3,6,11-14H2,1-2H3,(H,22,24). The number of carbonyl (C=O) groups is 1. The molecular formula is C20H25BrN2O. The zero-order valence-electron chi connectivity index (χ0n) is 14.4. The van der Waals surface area contributed by atoms with Crippen molar-refractivity contribution in [2.75, 3.05) is 19.6 Å². The topological polar surface area (TPSA) is 32.3 Å². The van der Waals surface area contributed by atoms with Crippen LogP contribution in [0.15, 0.2) is 40.9 Å². The van der Waals surface area contributed by atoms with Gasteiger partial charge in [0.25, 0.3) is 0 Å². The molecule has 2 aromatic carbocycles.